The highest BCUT2D eigenvalue weighted by Crippen LogP contribution is 2.30. The van der Waals surface area contributed by atoms with Crippen molar-refractivity contribution in [2.45, 2.75) is 19.4 Å². The number of furan rings is 1. The third kappa shape index (κ3) is 1.54. The van der Waals surface area contributed by atoms with Crippen LogP contribution in [0.3, 0.4) is 0 Å². The number of aliphatic hydroxyl groups is 1. The SMILES string of the molecule is CC(C)(O)c1cc2c(c[n+]([O-])c3ccccc23)o1. The predicted octanol–water partition coefficient (Wildman–Crippen LogP) is 2.45. The van der Waals surface area contributed by atoms with Crippen molar-refractivity contribution in [3.05, 3.63) is 47.5 Å². The topological polar surface area (TPSA) is 60.3 Å². The molecule has 18 heavy (non-hydrogen) atoms. The Bertz CT molecular complexity index is 738. The van der Waals surface area contributed by atoms with Crippen LogP contribution in [0.2, 0.25) is 0 Å². The van der Waals surface area contributed by atoms with Crippen molar-refractivity contribution in [3.8, 4) is 0 Å². The van der Waals surface area contributed by atoms with Crippen LogP contribution in [0, 0.1) is 5.21 Å². The van der Waals surface area contributed by atoms with Gasteiger partial charge in [-0.15, -0.1) is 0 Å². The van der Waals surface area contributed by atoms with E-state index in [1.165, 1.54) is 6.20 Å². The minimum atomic E-state index is -1.06. The normalized spacial score (nSPS) is 12.4. The van der Waals surface area contributed by atoms with Gasteiger partial charge in [-0.25, -0.2) is 0 Å². The van der Waals surface area contributed by atoms with E-state index in [4.69, 9.17) is 4.42 Å². The molecule has 3 aromatic rings. The highest BCUT2D eigenvalue weighted by molar-refractivity contribution is 6.02. The lowest BCUT2D eigenvalue weighted by Gasteiger charge is -2.12. The van der Waals surface area contributed by atoms with Gasteiger partial charge in [-0.3, -0.25) is 0 Å². The maximum Gasteiger partial charge on any atom is 0.224 e. The minimum absolute atomic E-state index is 0.453. The van der Waals surface area contributed by atoms with Gasteiger partial charge < -0.3 is 14.7 Å². The van der Waals surface area contributed by atoms with Gasteiger partial charge in [0, 0.05) is 11.5 Å². The lowest BCUT2D eigenvalue weighted by atomic mass is 10.1. The summed E-state index contributed by atoms with van der Waals surface area (Å²) in [6, 6.07) is 9.12. The Morgan fingerprint density at radius 2 is 1.94 bits per heavy atom. The number of hydrogen-bond acceptors (Lipinski definition) is 3. The molecular weight excluding hydrogens is 230 g/mol. The second kappa shape index (κ2) is 3.46. The third-order valence-electron chi connectivity index (χ3n) is 3.03. The third-order valence-corrected chi connectivity index (χ3v) is 3.03. The maximum absolute atomic E-state index is 11.8. The number of aromatic nitrogens is 1. The Hall–Kier alpha value is -2.07. The molecule has 4 nitrogen and oxygen atoms in total. The van der Waals surface area contributed by atoms with Gasteiger partial charge in [0.25, 0.3) is 0 Å². The van der Waals surface area contributed by atoms with Crippen molar-refractivity contribution >= 4 is 21.9 Å². The standard InChI is InChI=1S/C14H13NO3/c1-14(2,16)13-7-10-9-5-3-4-6-11(9)15(17)8-12(10)18-13/h3-8,16H,1-2H3. The van der Waals surface area contributed by atoms with Gasteiger partial charge in [0.05, 0.1) is 5.39 Å². The second-order valence-corrected chi connectivity index (χ2v) is 4.92. The van der Waals surface area contributed by atoms with Crippen molar-refractivity contribution in [1.29, 1.82) is 0 Å². The summed E-state index contributed by atoms with van der Waals surface area (Å²) in [7, 11) is 0. The second-order valence-electron chi connectivity index (χ2n) is 4.92. The average molecular weight is 243 g/mol. The van der Waals surface area contributed by atoms with Crippen LogP contribution in [0.4, 0.5) is 0 Å². The predicted molar refractivity (Wildman–Crippen MR) is 67.9 cm³/mol. The van der Waals surface area contributed by atoms with Crippen molar-refractivity contribution in [2.75, 3.05) is 0 Å². The fourth-order valence-electron chi connectivity index (χ4n) is 2.08. The molecule has 0 aliphatic rings. The molecule has 0 saturated heterocycles. The van der Waals surface area contributed by atoms with Crippen molar-refractivity contribution in [1.82, 2.24) is 0 Å². The molecule has 0 fully saturated rings. The van der Waals surface area contributed by atoms with E-state index in [2.05, 4.69) is 0 Å². The molecule has 2 aromatic heterocycles. The molecule has 0 bridgehead atoms. The zero-order chi connectivity index (χ0) is 12.9. The molecule has 1 aromatic carbocycles. The summed E-state index contributed by atoms with van der Waals surface area (Å²) >= 11 is 0. The van der Waals surface area contributed by atoms with Gasteiger partial charge in [0.1, 0.15) is 11.4 Å². The van der Waals surface area contributed by atoms with E-state index in [-0.39, 0.29) is 0 Å². The lowest BCUT2D eigenvalue weighted by molar-refractivity contribution is -0.575. The highest BCUT2D eigenvalue weighted by atomic mass is 16.5. The molecule has 1 N–H and O–H groups in total. The van der Waals surface area contributed by atoms with Crippen LogP contribution in [-0.4, -0.2) is 5.11 Å². The molecule has 0 spiro atoms. The Labute approximate surface area is 104 Å². The Balaban J connectivity index is 2.44. The zero-order valence-corrected chi connectivity index (χ0v) is 10.2. The number of nitrogens with zero attached hydrogens (tertiary/aromatic N) is 1. The summed E-state index contributed by atoms with van der Waals surface area (Å²) in [4.78, 5) is 0. The van der Waals surface area contributed by atoms with Crippen molar-refractivity contribution in [2.24, 2.45) is 0 Å². The summed E-state index contributed by atoms with van der Waals surface area (Å²) in [5.74, 6) is 0.453. The van der Waals surface area contributed by atoms with Gasteiger partial charge in [0.2, 0.25) is 11.7 Å². The molecule has 2 heterocycles. The van der Waals surface area contributed by atoms with Crippen LogP contribution >= 0.6 is 0 Å². The molecule has 92 valence electrons. The molecule has 4 heteroatoms. The first-order valence-corrected chi connectivity index (χ1v) is 5.74. The summed E-state index contributed by atoms with van der Waals surface area (Å²) in [5.41, 5.74) is 0.0160. The summed E-state index contributed by atoms with van der Waals surface area (Å²) in [6.07, 6.45) is 1.40. The van der Waals surface area contributed by atoms with Gasteiger partial charge >= 0.3 is 0 Å². The van der Waals surface area contributed by atoms with Gasteiger partial charge in [0.15, 0.2) is 5.58 Å². The molecular formula is C14H13NO3. The number of hydrogen-bond donors (Lipinski definition) is 1. The summed E-state index contributed by atoms with van der Waals surface area (Å²) < 4.78 is 6.34. The molecule has 0 aliphatic carbocycles. The fourth-order valence-corrected chi connectivity index (χ4v) is 2.08. The smallest absolute Gasteiger partial charge is 0.224 e. The first kappa shape index (κ1) is 11.0. The summed E-state index contributed by atoms with van der Waals surface area (Å²) in [6.45, 7) is 3.30. The minimum Gasteiger partial charge on any atom is -0.618 e. The molecule has 0 saturated carbocycles. The lowest BCUT2D eigenvalue weighted by Crippen LogP contribution is -2.25. The Morgan fingerprint density at radius 3 is 2.67 bits per heavy atom. The summed E-state index contributed by atoms with van der Waals surface area (Å²) in [5, 5.41) is 23.5. The molecule has 0 radical (unpaired) electrons. The van der Waals surface area contributed by atoms with E-state index in [1.54, 1.807) is 26.0 Å². The zero-order valence-electron chi connectivity index (χ0n) is 10.2. The molecule has 0 amide bonds. The Kier molecular flexibility index (Phi) is 2.12. The monoisotopic (exact) mass is 243 g/mol. The van der Waals surface area contributed by atoms with E-state index >= 15 is 0 Å². The quantitative estimate of drug-likeness (QED) is 0.527. The van der Waals surface area contributed by atoms with Crippen molar-refractivity contribution < 1.29 is 14.3 Å². The van der Waals surface area contributed by atoms with Gasteiger partial charge in [-0.1, -0.05) is 12.1 Å². The van der Waals surface area contributed by atoms with Crippen LogP contribution < -0.4 is 4.73 Å². The first-order valence-electron chi connectivity index (χ1n) is 5.74. The van der Waals surface area contributed by atoms with E-state index in [9.17, 15) is 10.3 Å². The van der Waals surface area contributed by atoms with Crippen LogP contribution in [0.25, 0.3) is 21.9 Å². The van der Waals surface area contributed by atoms with Gasteiger partial charge in [-0.2, -0.15) is 4.73 Å². The van der Waals surface area contributed by atoms with Crippen LogP contribution in [0.1, 0.15) is 19.6 Å². The van der Waals surface area contributed by atoms with Crippen LogP contribution in [0.15, 0.2) is 40.9 Å². The average Bonchev–Trinajstić information content (AvgIpc) is 2.73. The van der Waals surface area contributed by atoms with E-state index < -0.39 is 5.60 Å². The van der Waals surface area contributed by atoms with E-state index in [0.29, 0.717) is 16.9 Å². The Morgan fingerprint density at radius 1 is 1.22 bits per heavy atom. The molecule has 0 aliphatic heterocycles. The number of fused-ring (bicyclic) bond motifs is 3. The van der Waals surface area contributed by atoms with Crippen LogP contribution in [-0.2, 0) is 5.60 Å². The van der Waals surface area contributed by atoms with E-state index in [0.717, 1.165) is 15.5 Å². The van der Waals surface area contributed by atoms with Crippen LogP contribution in [0.5, 0.6) is 0 Å². The van der Waals surface area contributed by atoms with Crippen molar-refractivity contribution in [3.63, 3.8) is 0 Å². The molecule has 0 atom stereocenters. The van der Waals surface area contributed by atoms with E-state index in [1.807, 2.05) is 18.2 Å². The number of pyridine rings is 1. The van der Waals surface area contributed by atoms with Gasteiger partial charge in [-0.05, 0) is 26.0 Å². The number of benzene rings is 1. The maximum atomic E-state index is 11.8. The first-order chi connectivity index (χ1) is 8.47. The molecule has 0 unspecified atom stereocenters. The highest BCUT2D eigenvalue weighted by Gasteiger charge is 2.23. The fraction of sp³-hybridized carbons (Fsp3) is 0.214. The number of rotatable bonds is 1. The molecule has 3 rings (SSSR count). The largest absolute Gasteiger partial charge is 0.618 e. The number of para-hydroxylation sites is 1.